The number of carbonyl (C=O) groups excluding carboxylic acids is 1. The van der Waals surface area contributed by atoms with E-state index in [0.29, 0.717) is 11.7 Å². The topological polar surface area (TPSA) is 17.1 Å². The molecule has 0 spiro atoms. The van der Waals surface area contributed by atoms with E-state index in [4.69, 9.17) is 0 Å². The standard InChI is InChI=1S/C14H14O/c15-13(12-4-2-1-3-5-12)14-8-6-11(10-14)7-9-14/h1-6,8,11H,7,9-10H2. The molecule has 1 nitrogen and oxygen atoms in total. The van der Waals surface area contributed by atoms with Crippen LogP contribution < -0.4 is 0 Å². The molecule has 0 radical (unpaired) electrons. The fraction of sp³-hybridized carbons (Fsp3) is 0.357. The lowest BCUT2D eigenvalue weighted by molar-refractivity contribution is 0.0860. The highest BCUT2D eigenvalue weighted by atomic mass is 16.1. The Kier molecular flexibility index (Phi) is 1.82. The van der Waals surface area contributed by atoms with E-state index >= 15 is 0 Å². The van der Waals surface area contributed by atoms with Gasteiger partial charge in [-0.3, -0.25) is 4.79 Å². The summed E-state index contributed by atoms with van der Waals surface area (Å²) in [5, 5.41) is 0. The number of carbonyl (C=O) groups is 1. The third-order valence-electron chi connectivity index (χ3n) is 3.76. The third kappa shape index (κ3) is 1.26. The summed E-state index contributed by atoms with van der Waals surface area (Å²) < 4.78 is 0. The highest BCUT2D eigenvalue weighted by Crippen LogP contribution is 2.50. The van der Waals surface area contributed by atoms with Crippen LogP contribution in [-0.2, 0) is 0 Å². The summed E-state index contributed by atoms with van der Waals surface area (Å²) in [6.07, 6.45) is 7.65. The second kappa shape index (κ2) is 3.06. The molecule has 2 aliphatic carbocycles. The maximum absolute atomic E-state index is 12.4. The molecule has 0 N–H and O–H groups in total. The van der Waals surface area contributed by atoms with Crippen LogP contribution in [0.15, 0.2) is 42.5 Å². The Balaban J connectivity index is 1.96. The molecule has 1 fully saturated rings. The summed E-state index contributed by atoms with van der Waals surface area (Å²) in [6, 6.07) is 9.69. The van der Waals surface area contributed by atoms with Crippen LogP contribution in [0.2, 0.25) is 0 Å². The van der Waals surface area contributed by atoms with Crippen molar-refractivity contribution in [3.63, 3.8) is 0 Å². The Labute approximate surface area is 89.8 Å². The average molecular weight is 198 g/mol. The van der Waals surface area contributed by atoms with E-state index in [0.717, 1.165) is 18.4 Å². The smallest absolute Gasteiger partial charge is 0.172 e. The molecular weight excluding hydrogens is 184 g/mol. The van der Waals surface area contributed by atoms with Crippen LogP contribution in [0.4, 0.5) is 0 Å². The van der Waals surface area contributed by atoms with Gasteiger partial charge in [0.25, 0.3) is 0 Å². The number of hydrogen-bond donors (Lipinski definition) is 0. The van der Waals surface area contributed by atoms with Gasteiger partial charge in [0, 0.05) is 5.56 Å². The highest BCUT2D eigenvalue weighted by Gasteiger charge is 2.46. The van der Waals surface area contributed by atoms with E-state index in [1.54, 1.807) is 0 Å². The summed E-state index contributed by atoms with van der Waals surface area (Å²) in [5.41, 5.74) is 0.719. The first-order chi connectivity index (χ1) is 7.30. The Morgan fingerprint density at radius 1 is 1.27 bits per heavy atom. The van der Waals surface area contributed by atoms with Gasteiger partial charge >= 0.3 is 0 Å². The van der Waals surface area contributed by atoms with E-state index in [1.165, 1.54) is 6.42 Å². The van der Waals surface area contributed by atoms with Crippen LogP contribution in [0.3, 0.4) is 0 Å². The second-order valence-electron chi connectivity index (χ2n) is 4.71. The van der Waals surface area contributed by atoms with Crippen LogP contribution in [0, 0.1) is 11.3 Å². The van der Waals surface area contributed by atoms with Crippen LogP contribution in [0.25, 0.3) is 0 Å². The largest absolute Gasteiger partial charge is 0.293 e. The van der Waals surface area contributed by atoms with Gasteiger partial charge in [0.15, 0.2) is 5.78 Å². The van der Waals surface area contributed by atoms with E-state index in [1.807, 2.05) is 30.3 Å². The fourth-order valence-electron chi connectivity index (χ4n) is 2.91. The van der Waals surface area contributed by atoms with Crippen LogP contribution in [0.5, 0.6) is 0 Å². The van der Waals surface area contributed by atoms with Gasteiger partial charge in [-0.25, -0.2) is 0 Å². The van der Waals surface area contributed by atoms with Crippen LogP contribution >= 0.6 is 0 Å². The zero-order chi connectivity index (χ0) is 10.3. The van der Waals surface area contributed by atoms with Gasteiger partial charge in [-0.1, -0.05) is 42.5 Å². The number of ketones is 1. The van der Waals surface area contributed by atoms with Gasteiger partial charge in [-0.15, -0.1) is 0 Å². The number of allylic oxidation sites excluding steroid dienone is 2. The molecule has 76 valence electrons. The number of hydrogen-bond acceptors (Lipinski definition) is 1. The molecule has 0 aromatic heterocycles. The lowest BCUT2D eigenvalue weighted by Crippen LogP contribution is -2.24. The predicted molar refractivity (Wildman–Crippen MR) is 59.7 cm³/mol. The summed E-state index contributed by atoms with van der Waals surface area (Å²) in [6.45, 7) is 0. The lowest BCUT2D eigenvalue weighted by Gasteiger charge is -2.21. The molecule has 0 amide bonds. The molecule has 15 heavy (non-hydrogen) atoms. The average Bonchev–Trinajstić information content (AvgIpc) is 2.90. The Hall–Kier alpha value is -1.37. The summed E-state index contributed by atoms with van der Waals surface area (Å²) in [4.78, 5) is 12.4. The molecule has 1 aromatic rings. The van der Waals surface area contributed by atoms with Gasteiger partial charge in [0.1, 0.15) is 0 Å². The maximum Gasteiger partial charge on any atom is 0.172 e. The van der Waals surface area contributed by atoms with Gasteiger partial charge < -0.3 is 0 Å². The maximum atomic E-state index is 12.4. The van der Waals surface area contributed by atoms with Crippen molar-refractivity contribution in [1.29, 1.82) is 0 Å². The first-order valence-corrected chi connectivity index (χ1v) is 5.59. The van der Waals surface area contributed by atoms with Crippen molar-refractivity contribution in [2.75, 3.05) is 0 Å². The van der Waals surface area contributed by atoms with Gasteiger partial charge in [0.05, 0.1) is 5.41 Å². The molecule has 1 heteroatoms. The molecule has 2 unspecified atom stereocenters. The van der Waals surface area contributed by atoms with Crippen molar-refractivity contribution in [1.82, 2.24) is 0 Å². The monoisotopic (exact) mass is 198 g/mol. The SMILES string of the molecule is O=C(c1ccccc1)C12C=CC(CC1)C2. The van der Waals surface area contributed by atoms with Crippen molar-refractivity contribution in [2.24, 2.45) is 11.3 Å². The number of benzene rings is 1. The first kappa shape index (κ1) is 8.90. The molecule has 0 saturated heterocycles. The van der Waals surface area contributed by atoms with E-state index in [-0.39, 0.29) is 5.41 Å². The number of rotatable bonds is 2. The molecule has 2 aliphatic rings. The lowest BCUT2D eigenvalue weighted by atomic mass is 9.80. The normalized spacial score (nSPS) is 32.1. The predicted octanol–water partition coefficient (Wildman–Crippen LogP) is 3.23. The summed E-state index contributed by atoms with van der Waals surface area (Å²) >= 11 is 0. The fourth-order valence-corrected chi connectivity index (χ4v) is 2.91. The summed E-state index contributed by atoms with van der Waals surface area (Å²) in [7, 11) is 0. The molecule has 1 aromatic carbocycles. The molecule has 3 rings (SSSR count). The van der Waals surface area contributed by atoms with Crippen molar-refractivity contribution in [3.8, 4) is 0 Å². The minimum absolute atomic E-state index is 0.147. The Morgan fingerprint density at radius 3 is 2.60 bits per heavy atom. The van der Waals surface area contributed by atoms with E-state index in [2.05, 4.69) is 12.2 Å². The quantitative estimate of drug-likeness (QED) is 0.526. The molecule has 2 atom stereocenters. The molecule has 0 heterocycles. The van der Waals surface area contributed by atoms with Crippen molar-refractivity contribution in [3.05, 3.63) is 48.0 Å². The van der Waals surface area contributed by atoms with E-state index in [9.17, 15) is 4.79 Å². The minimum Gasteiger partial charge on any atom is -0.293 e. The van der Waals surface area contributed by atoms with Crippen molar-refractivity contribution >= 4 is 5.78 Å². The first-order valence-electron chi connectivity index (χ1n) is 5.59. The van der Waals surface area contributed by atoms with Gasteiger partial charge in [-0.2, -0.15) is 0 Å². The number of Topliss-reactive ketones (excluding diaryl/α,β-unsaturated/α-hetero) is 1. The van der Waals surface area contributed by atoms with E-state index < -0.39 is 0 Å². The Bertz CT molecular complexity index is 418. The summed E-state index contributed by atoms with van der Waals surface area (Å²) in [5.74, 6) is 0.983. The van der Waals surface area contributed by atoms with Crippen LogP contribution in [0.1, 0.15) is 29.6 Å². The molecule has 1 saturated carbocycles. The second-order valence-corrected chi connectivity index (χ2v) is 4.71. The minimum atomic E-state index is -0.147. The highest BCUT2D eigenvalue weighted by molar-refractivity contribution is 6.02. The van der Waals surface area contributed by atoms with Gasteiger partial charge in [0.2, 0.25) is 0 Å². The molecular formula is C14H14O. The third-order valence-corrected chi connectivity index (χ3v) is 3.76. The van der Waals surface area contributed by atoms with Crippen molar-refractivity contribution in [2.45, 2.75) is 19.3 Å². The molecule has 0 aliphatic heterocycles. The zero-order valence-corrected chi connectivity index (χ0v) is 8.65. The van der Waals surface area contributed by atoms with Gasteiger partial charge in [-0.05, 0) is 25.2 Å². The molecule has 2 bridgehead atoms. The number of fused-ring (bicyclic) bond motifs is 2. The van der Waals surface area contributed by atoms with Crippen LogP contribution in [-0.4, -0.2) is 5.78 Å². The Morgan fingerprint density at radius 2 is 2.07 bits per heavy atom. The zero-order valence-electron chi connectivity index (χ0n) is 8.65. The van der Waals surface area contributed by atoms with Crippen molar-refractivity contribution < 1.29 is 4.79 Å².